The first-order valence-corrected chi connectivity index (χ1v) is 10.9. The van der Waals surface area contributed by atoms with E-state index in [1.165, 1.54) is 24.0 Å². The molecule has 0 bridgehead atoms. The maximum Gasteiger partial charge on any atom is 0.253 e. The number of tetrazole rings is 1. The molecular weight excluding hydrogens is 380 g/mol. The van der Waals surface area contributed by atoms with E-state index in [2.05, 4.69) is 45.3 Å². The van der Waals surface area contributed by atoms with E-state index in [9.17, 15) is 4.79 Å². The van der Waals surface area contributed by atoms with Crippen LogP contribution in [0.5, 0.6) is 0 Å². The first kappa shape index (κ1) is 19.4. The van der Waals surface area contributed by atoms with E-state index >= 15 is 0 Å². The molecule has 2 aromatic heterocycles. The quantitative estimate of drug-likeness (QED) is 0.714. The first-order valence-electron chi connectivity index (χ1n) is 10.9. The predicted octanol–water partition coefficient (Wildman–Crippen LogP) is 2.67. The summed E-state index contributed by atoms with van der Waals surface area (Å²) in [6.07, 6.45) is 4.56. The molecule has 8 heteroatoms. The third-order valence-electron chi connectivity index (χ3n) is 6.63. The second kappa shape index (κ2) is 7.92. The summed E-state index contributed by atoms with van der Waals surface area (Å²) in [5.74, 6) is 0.762. The van der Waals surface area contributed by atoms with Crippen LogP contribution in [0.1, 0.15) is 60.3 Å². The molecule has 1 aliphatic carbocycles. The summed E-state index contributed by atoms with van der Waals surface area (Å²) in [5.41, 5.74) is 3.85. The standard InChI is InChI=1S/C22H28N6O2/c1-14-11-16-13-18(22(29)23-19(16)12-15(14)2)20(27-7-9-30-10-8-27)21-24-25-26-28(21)17-5-3-4-6-17/h11-13,17,20H,3-10H2,1-2H3,(H,23,29)/t20-/m0/s1. The maximum atomic E-state index is 13.2. The molecule has 3 heterocycles. The van der Waals surface area contributed by atoms with E-state index in [1.54, 1.807) is 0 Å². The van der Waals surface area contributed by atoms with Gasteiger partial charge in [0, 0.05) is 24.2 Å². The van der Waals surface area contributed by atoms with Crippen LogP contribution in [0.3, 0.4) is 0 Å². The van der Waals surface area contributed by atoms with Crippen LogP contribution in [-0.2, 0) is 4.74 Å². The molecule has 8 nitrogen and oxygen atoms in total. The molecule has 0 radical (unpaired) electrons. The minimum atomic E-state index is -0.292. The number of morpholine rings is 1. The Balaban J connectivity index is 1.66. The summed E-state index contributed by atoms with van der Waals surface area (Å²) >= 11 is 0. The van der Waals surface area contributed by atoms with Gasteiger partial charge in [0.15, 0.2) is 5.82 Å². The van der Waals surface area contributed by atoms with Crippen molar-refractivity contribution in [1.29, 1.82) is 0 Å². The van der Waals surface area contributed by atoms with Gasteiger partial charge >= 0.3 is 0 Å². The molecular formula is C22H28N6O2. The molecule has 0 amide bonds. The van der Waals surface area contributed by atoms with Crippen molar-refractivity contribution >= 4 is 10.9 Å². The molecule has 1 aromatic carbocycles. The van der Waals surface area contributed by atoms with Crippen LogP contribution in [0.25, 0.3) is 10.9 Å². The fourth-order valence-corrected chi connectivity index (χ4v) is 4.82. The minimum Gasteiger partial charge on any atom is -0.379 e. The number of ether oxygens (including phenoxy) is 1. The van der Waals surface area contributed by atoms with Gasteiger partial charge in [-0.15, -0.1) is 5.10 Å². The van der Waals surface area contributed by atoms with Gasteiger partial charge in [0.25, 0.3) is 5.56 Å². The van der Waals surface area contributed by atoms with Gasteiger partial charge in [-0.05, 0) is 71.8 Å². The highest BCUT2D eigenvalue weighted by Crippen LogP contribution is 2.34. The number of hydrogen-bond donors (Lipinski definition) is 1. The fourth-order valence-electron chi connectivity index (χ4n) is 4.82. The number of nitrogens with one attached hydrogen (secondary N) is 1. The second-order valence-corrected chi connectivity index (χ2v) is 8.55. The lowest BCUT2D eigenvalue weighted by atomic mass is 10.0. The molecule has 1 atom stereocenters. The number of rotatable bonds is 4. The van der Waals surface area contributed by atoms with Crippen LogP contribution < -0.4 is 5.56 Å². The summed E-state index contributed by atoms with van der Waals surface area (Å²) < 4.78 is 7.55. The zero-order valence-electron chi connectivity index (χ0n) is 17.6. The molecule has 1 saturated carbocycles. The van der Waals surface area contributed by atoms with Gasteiger partial charge in [0.05, 0.1) is 19.3 Å². The van der Waals surface area contributed by atoms with Crippen LogP contribution in [-0.4, -0.2) is 56.4 Å². The summed E-state index contributed by atoms with van der Waals surface area (Å²) in [7, 11) is 0. The molecule has 1 aliphatic heterocycles. The van der Waals surface area contributed by atoms with Crippen LogP contribution in [0.15, 0.2) is 23.0 Å². The van der Waals surface area contributed by atoms with Crippen LogP contribution in [0.4, 0.5) is 0 Å². The average molecular weight is 409 g/mol. The van der Waals surface area contributed by atoms with E-state index < -0.39 is 0 Å². The van der Waals surface area contributed by atoms with Crippen molar-refractivity contribution in [1.82, 2.24) is 30.1 Å². The smallest absolute Gasteiger partial charge is 0.253 e. The van der Waals surface area contributed by atoms with Crippen LogP contribution >= 0.6 is 0 Å². The Hall–Kier alpha value is -2.58. The molecule has 3 aromatic rings. The van der Waals surface area contributed by atoms with Crippen LogP contribution in [0.2, 0.25) is 0 Å². The third kappa shape index (κ3) is 3.44. The Morgan fingerprint density at radius 3 is 2.60 bits per heavy atom. The van der Waals surface area contributed by atoms with Gasteiger partial charge < -0.3 is 9.72 Å². The Morgan fingerprint density at radius 2 is 1.83 bits per heavy atom. The van der Waals surface area contributed by atoms with Crippen molar-refractivity contribution in [2.75, 3.05) is 26.3 Å². The molecule has 158 valence electrons. The lowest BCUT2D eigenvalue weighted by molar-refractivity contribution is 0.0211. The summed E-state index contributed by atoms with van der Waals surface area (Å²) in [4.78, 5) is 18.6. The highest BCUT2D eigenvalue weighted by atomic mass is 16.5. The number of H-pyrrole nitrogens is 1. The molecule has 5 rings (SSSR count). The van der Waals surface area contributed by atoms with E-state index in [0.29, 0.717) is 24.8 Å². The Bertz CT molecular complexity index is 1110. The Kier molecular flexibility index (Phi) is 5.12. The SMILES string of the molecule is Cc1cc2cc([C@@H](c3nnnn3C3CCCC3)N3CCOCC3)c(=O)[nH]c2cc1C. The molecule has 0 spiro atoms. The number of nitrogens with zero attached hydrogens (tertiary/aromatic N) is 5. The van der Waals surface area contributed by atoms with Gasteiger partial charge in [0.2, 0.25) is 0 Å². The van der Waals surface area contributed by atoms with Crippen molar-refractivity contribution in [2.24, 2.45) is 0 Å². The highest BCUT2D eigenvalue weighted by molar-refractivity contribution is 5.81. The summed E-state index contributed by atoms with van der Waals surface area (Å²) in [6, 6.07) is 6.22. The number of aromatic nitrogens is 5. The maximum absolute atomic E-state index is 13.2. The van der Waals surface area contributed by atoms with E-state index in [0.717, 1.165) is 42.7 Å². The van der Waals surface area contributed by atoms with E-state index in [4.69, 9.17) is 4.74 Å². The number of hydrogen-bond acceptors (Lipinski definition) is 6. The average Bonchev–Trinajstić information content (AvgIpc) is 3.43. The van der Waals surface area contributed by atoms with Gasteiger partial charge in [-0.1, -0.05) is 12.8 Å². The topological polar surface area (TPSA) is 88.9 Å². The van der Waals surface area contributed by atoms with Crippen molar-refractivity contribution in [2.45, 2.75) is 51.6 Å². The summed E-state index contributed by atoms with van der Waals surface area (Å²) in [6.45, 7) is 6.93. The fraction of sp³-hybridized carbons (Fsp3) is 0.545. The molecule has 30 heavy (non-hydrogen) atoms. The van der Waals surface area contributed by atoms with Crippen LogP contribution in [0, 0.1) is 13.8 Å². The number of aromatic amines is 1. The zero-order chi connectivity index (χ0) is 20.7. The lowest BCUT2D eigenvalue weighted by Gasteiger charge is -2.34. The number of benzene rings is 1. The van der Waals surface area contributed by atoms with Crippen molar-refractivity contribution in [3.63, 3.8) is 0 Å². The number of pyridine rings is 1. The Morgan fingerprint density at radius 1 is 1.10 bits per heavy atom. The number of fused-ring (bicyclic) bond motifs is 1. The van der Waals surface area contributed by atoms with E-state index in [1.807, 2.05) is 16.8 Å². The predicted molar refractivity (Wildman–Crippen MR) is 114 cm³/mol. The van der Waals surface area contributed by atoms with Crippen molar-refractivity contribution in [3.05, 3.63) is 51.1 Å². The summed E-state index contributed by atoms with van der Waals surface area (Å²) in [5, 5.41) is 13.8. The highest BCUT2D eigenvalue weighted by Gasteiger charge is 2.33. The first-order chi connectivity index (χ1) is 14.6. The number of aryl methyl sites for hydroxylation is 2. The molecule has 2 aliphatic rings. The minimum absolute atomic E-state index is 0.0804. The third-order valence-corrected chi connectivity index (χ3v) is 6.63. The van der Waals surface area contributed by atoms with Gasteiger partial charge in [-0.2, -0.15) is 0 Å². The monoisotopic (exact) mass is 408 g/mol. The van der Waals surface area contributed by atoms with Gasteiger partial charge in [0.1, 0.15) is 6.04 Å². The lowest BCUT2D eigenvalue weighted by Crippen LogP contribution is -2.42. The molecule has 0 unspecified atom stereocenters. The Labute approximate surface area is 175 Å². The zero-order valence-corrected chi connectivity index (χ0v) is 17.6. The second-order valence-electron chi connectivity index (χ2n) is 8.55. The molecule has 2 fully saturated rings. The molecule has 1 saturated heterocycles. The van der Waals surface area contributed by atoms with E-state index in [-0.39, 0.29) is 11.6 Å². The molecule has 1 N–H and O–H groups in total. The van der Waals surface area contributed by atoms with Gasteiger partial charge in [-0.3, -0.25) is 9.69 Å². The van der Waals surface area contributed by atoms with Gasteiger partial charge in [-0.25, -0.2) is 4.68 Å². The van der Waals surface area contributed by atoms with Crippen molar-refractivity contribution in [3.8, 4) is 0 Å². The normalized spacial score (nSPS) is 19.5. The largest absolute Gasteiger partial charge is 0.379 e. The van der Waals surface area contributed by atoms with Crippen molar-refractivity contribution < 1.29 is 4.74 Å².